The highest BCUT2D eigenvalue weighted by Crippen LogP contribution is 2.25. The van der Waals surface area contributed by atoms with Crippen LogP contribution in [0.4, 0.5) is 11.4 Å². The molecule has 8 nitrogen and oxygen atoms in total. The molecule has 9 heteroatoms. The Bertz CT molecular complexity index is 599. The molecule has 1 aromatic rings. The predicted molar refractivity (Wildman–Crippen MR) is 80.2 cm³/mol. The molecule has 0 fully saturated rings. The molecule has 0 spiro atoms. The zero-order chi connectivity index (χ0) is 16.0. The van der Waals surface area contributed by atoms with Crippen molar-refractivity contribution in [2.45, 2.75) is 31.6 Å². The van der Waals surface area contributed by atoms with Gasteiger partial charge >= 0.3 is 0 Å². The molecule has 4 N–H and O–H groups in total. The third kappa shape index (κ3) is 4.38. The maximum atomic E-state index is 12.3. The van der Waals surface area contributed by atoms with Crippen LogP contribution >= 0.6 is 0 Å². The topological polar surface area (TPSA) is 127 Å². The van der Waals surface area contributed by atoms with Gasteiger partial charge in [0, 0.05) is 18.7 Å². The molecule has 0 aliphatic rings. The van der Waals surface area contributed by atoms with Crippen LogP contribution < -0.4 is 16.0 Å². The summed E-state index contributed by atoms with van der Waals surface area (Å²) in [7, 11) is -3.87. The Kier molecular flexibility index (Phi) is 6.06. The van der Waals surface area contributed by atoms with E-state index in [0.29, 0.717) is 0 Å². The largest absolute Gasteiger partial charge is 0.323 e. The minimum Gasteiger partial charge on any atom is -0.323 e. The minimum absolute atomic E-state index is 0.109. The number of benzene rings is 1. The lowest BCUT2D eigenvalue weighted by Gasteiger charge is -2.15. The van der Waals surface area contributed by atoms with Crippen LogP contribution in [0.2, 0.25) is 0 Å². The van der Waals surface area contributed by atoms with Crippen LogP contribution in [0.3, 0.4) is 0 Å². The molecule has 0 radical (unpaired) electrons. The fraction of sp³-hybridized carbons (Fsp3) is 0.500. The van der Waals surface area contributed by atoms with Gasteiger partial charge in [-0.2, -0.15) is 0 Å². The number of rotatable bonds is 8. The number of nitro benzene ring substituents is 1. The maximum absolute atomic E-state index is 12.3. The van der Waals surface area contributed by atoms with Gasteiger partial charge in [-0.3, -0.25) is 16.0 Å². The molecular formula is C12H20N4O4S. The fourth-order valence-electron chi connectivity index (χ4n) is 1.85. The highest BCUT2D eigenvalue weighted by molar-refractivity contribution is 7.89. The lowest BCUT2D eigenvalue weighted by atomic mass is 10.0. The van der Waals surface area contributed by atoms with Crippen LogP contribution in [0.15, 0.2) is 23.1 Å². The lowest BCUT2D eigenvalue weighted by Crippen LogP contribution is -2.30. The number of hydrogen-bond donors (Lipinski definition) is 3. The second kappa shape index (κ2) is 7.34. The second-order valence-corrected chi connectivity index (χ2v) is 6.35. The van der Waals surface area contributed by atoms with Crippen molar-refractivity contribution in [2.75, 3.05) is 12.0 Å². The van der Waals surface area contributed by atoms with Gasteiger partial charge in [0.1, 0.15) is 4.90 Å². The maximum Gasteiger partial charge on any atom is 0.270 e. The number of hydrazine groups is 1. The van der Waals surface area contributed by atoms with E-state index in [1.165, 1.54) is 12.1 Å². The summed E-state index contributed by atoms with van der Waals surface area (Å²) in [5.74, 6) is 5.49. The van der Waals surface area contributed by atoms with Gasteiger partial charge in [0.2, 0.25) is 10.0 Å². The molecule has 1 aromatic carbocycles. The number of nitrogens with two attached hydrogens (primary N) is 1. The molecule has 0 aliphatic carbocycles. The number of anilines is 1. The van der Waals surface area contributed by atoms with Gasteiger partial charge in [0.25, 0.3) is 5.69 Å². The SMILES string of the molecule is CCC(CC)CNS(=O)(=O)c1cc([N+](=O)[O-])ccc1NN. The Hall–Kier alpha value is -1.71. The zero-order valence-electron chi connectivity index (χ0n) is 12.0. The third-order valence-corrected chi connectivity index (χ3v) is 4.80. The number of hydrogen-bond acceptors (Lipinski definition) is 6. The van der Waals surface area contributed by atoms with E-state index in [2.05, 4.69) is 10.1 Å². The first-order valence-electron chi connectivity index (χ1n) is 6.60. The van der Waals surface area contributed by atoms with Gasteiger partial charge < -0.3 is 5.43 Å². The number of nitrogens with zero attached hydrogens (tertiary/aromatic N) is 1. The molecule has 0 amide bonds. The van der Waals surface area contributed by atoms with Crippen molar-refractivity contribution in [2.24, 2.45) is 11.8 Å². The van der Waals surface area contributed by atoms with E-state index in [9.17, 15) is 18.5 Å². The Morgan fingerprint density at radius 3 is 2.43 bits per heavy atom. The highest BCUT2D eigenvalue weighted by Gasteiger charge is 2.22. The first-order chi connectivity index (χ1) is 9.85. The summed E-state index contributed by atoms with van der Waals surface area (Å²) in [4.78, 5) is 9.89. The third-order valence-electron chi connectivity index (χ3n) is 3.34. The summed E-state index contributed by atoms with van der Waals surface area (Å²) in [5, 5.41) is 10.8. The number of non-ortho nitro benzene ring substituents is 1. The van der Waals surface area contributed by atoms with Gasteiger partial charge in [-0.15, -0.1) is 0 Å². The van der Waals surface area contributed by atoms with Crippen LogP contribution in [0.1, 0.15) is 26.7 Å². The Labute approximate surface area is 123 Å². The van der Waals surface area contributed by atoms with Crippen LogP contribution in [0, 0.1) is 16.0 Å². The summed E-state index contributed by atoms with van der Waals surface area (Å²) in [6.07, 6.45) is 1.69. The molecule has 0 heterocycles. The molecule has 0 saturated carbocycles. The van der Waals surface area contributed by atoms with Crippen molar-refractivity contribution >= 4 is 21.4 Å². The van der Waals surface area contributed by atoms with E-state index in [1.807, 2.05) is 13.8 Å². The minimum atomic E-state index is -3.87. The summed E-state index contributed by atoms with van der Waals surface area (Å²) in [6.45, 7) is 4.23. The summed E-state index contributed by atoms with van der Waals surface area (Å²) in [5.41, 5.74) is 2.04. The van der Waals surface area contributed by atoms with E-state index in [-0.39, 0.29) is 28.7 Å². The Morgan fingerprint density at radius 1 is 1.33 bits per heavy atom. The molecule has 21 heavy (non-hydrogen) atoms. The normalized spacial score (nSPS) is 11.6. The van der Waals surface area contributed by atoms with Crippen molar-refractivity contribution in [3.63, 3.8) is 0 Å². The van der Waals surface area contributed by atoms with E-state index >= 15 is 0 Å². The molecule has 0 aliphatic heterocycles. The van der Waals surface area contributed by atoms with Gasteiger partial charge in [-0.1, -0.05) is 26.7 Å². The molecule has 0 atom stereocenters. The van der Waals surface area contributed by atoms with Crippen LogP contribution in [0.5, 0.6) is 0 Å². The average molecular weight is 316 g/mol. The van der Waals surface area contributed by atoms with Gasteiger partial charge in [0.05, 0.1) is 10.6 Å². The molecule has 0 bridgehead atoms. The highest BCUT2D eigenvalue weighted by atomic mass is 32.2. The monoisotopic (exact) mass is 316 g/mol. The van der Waals surface area contributed by atoms with Crippen molar-refractivity contribution < 1.29 is 13.3 Å². The Balaban J connectivity index is 3.11. The molecule has 0 saturated heterocycles. The smallest absolute Gasteiger partial charge is 0.270 e. The van der Waals surface area contributed by atoms with Crippen LogP contribution in [-0.2, 0) is 10.0 Å². The predicted octanol–water partition coefficient (Wildman–Crippen LogP) is 1.59. The van der Waals surface area contributed by atoms with Gasteiger partial charge in [0.15, 0.2) is 0 Å². The Morgan fingerprint density at radius 2 is 1.95 bits per heavy atom. The van der Waals surface area contributed by atoms with Crippen molar-refractivity contribution in [3.05, 3.63) is 28.3 Å². The quantitative estimate of drug-likeness (QED) is 0.380. The summed E-state index contributed by atoms with van der Waals surface area (Å²) < 4.78 is 27.1. The average Bonchev–Trinajstić information content (AvgIpc) is 2.47. The van der Waals surface area contributed by atoms with E-state index < -0.39 is 14.9 Å². The van der Waals surface area contributed by atoms with Crippen LogP contribution in [-0.4, -0.2) is 19.9 Å². The lowest BCUT2D eigenvalue weighted by molar-refractivity contribution is -0.385. The molecule has 1 rings (SSSR count). The van der Waals surface area contributed by atoms with E-state index in [1.54, 1.807) is 0 Å². The summed E-state index contributed by atoms with van der Waals surface area (Å²) in [6, 6.07) is 3.45. The number of sulfonamides is 1. The molecule has 118 valence electrons. The van der Waals surface area contributed by atoms with Crippen LogP contribution in [0.25, 0.3) is 0 Å². The van der Waals surface area contributed by atoms with Gasteiger partial charge in [-0.25, -0.2) is 13.1 Å². The molecule has 0 aromatic heterocycles. The van der Waals surface area contributed by atoms with Crippen molar-refractivity contribution in [3.8, 4) is 0 Å². The van der Waals surface area contributed by atoms with Crippen molar-refractivity contribution in [1.29, 1.82) is 0 Å². The molecule has 0 unspecified atom stereocenters. The number of nitrogens with one attached hydrogen (secondary N) is 2. The van der Waals surface area contributed by atoms with E-state index in [0.717, 1.165) is 18.9 Å². The standard InChI is InChI=1S/C12H20N4O4S/c1-3-9(4-2)8-14-21(19,20)12-7-10(16(17)18)5-6-11(12)15-13/h5-7,9,14-15H,3-4,8,13H2,1-2H3. The van der Waals surface area contributed by atoms with Gasteiger partial charge in [-0.05, 0) is 12.0 Å². The van der Waals surface area contributed by atoms with E-state index in [4.69, 9.17) is 5.84 Å². The number of nitrogen functional groups attached to an aromatic ring is 1. The zero-order valence-corrected chi connectivity index (χ0v) is 12.8. The first-order valence-corrected chi connectivity index (χ1v) is 8.08. The van der Waals surface area contributed by atoms with Crippen molar-refractivity contribution in [1.82, 2.24) is 4.72 Å². The molecular weight excluding hydrogens is 296 g/mol. The fourth-order valence-corrected chi connectivity index (χ4v) is 3.15. The number of nitro groups is 1. The summed E-state index contributed by atoms with van der Waals surface area (Å²) >= 11 is 0. The second-order valence-electron chi connectivity index (χ2n) is 4.62. The first kappa shape index (κ1) is 17.3.